The Hall–Kier alpha value is -1.52. The summed E-state index contributed by atoms with van der Waals surface area (Å²) in [5.41, 5.74) is 1.85. The number of rotatable bonds is 6. The van der Waals surface area contributed by atoms with Crippen molar-refractivity contribution in [1.29, 1.82) is 0 Å². The van der Waals surface area contributed by atoms with Gasteiger partial charge in [0.15, 0.2) is 0 Å². The number of hydrogen-bond acceptors (Lipinski definition) is 3. The van der Waals surface area contributed by atoms with Crippen molar-refractivity contribution in [1.82, 2.24) is 5.32 Å². The summed E-state index contributed by atoms with van der Waals surface area (Å²) in [6.45, 7) is 2.85. The van der Waals surface area contributed by atoms with E-state index >= 15 is 0 Å². The minimum absolute atomic E-state index is 0.0130. The summed E-state index contributed by atoms with van der Waals surface area (Å²) in [6, 6.07) is 9.71. The van der Waals surface area contributed by atoms with Gasteiger partial charge >= 0.3 is 0 Å². The lowest BCUT2D eigenvalue weighted by Crippen LogP contribution is -2.31. The quantitative estimate of drug-likeness (QED) is 0.858. The molecule has 0 saturated carbocycles. The molecule has 0 aliphatic rings. The molecule has 106 valence electrons. The van der Waals surface area contributed by atoms with Crippen LogP contribution in [0.4, 0.5) is 5.69 Å². The predicted molar refractivity (Wildman–Crippen MR) is 85.7 cm³/mol. The second-order valence-corrected chi connectivity index (χ2v) is 5.88. The minimum Gasteiger partial charge on any atom is -0.376 e. The average molecular weight is 309 g/mol. The Labute approximate surface area is 128 Å². The maximum Gasteiger partial charge on any atom is 0.239 e. The van der Waals surface area contributed by atoms with Crippen LogP contribution < -0.4 is 10.6 Å². The first-order valence-electron chi connectivity index (χ1n) is 6.45. The van der Waals surface area contributed by atoms with E-state index < -0.39 is 0 Å². The van der Waals surface area contributed by atoms with Crippen LogP contribution in [0.2, 0.25) is 5.02 Å². The van der Waals surface area contributed by atoms with Gasteiger partial charge in [0.25, 0.3) is 0 Å². The van der Waals surface area contributed by atoms with Gasteiger partial charge in [-0.3, -0.25) is 4.79 Å². The maximum atomic E-state index is 11.7. The van der Waals surface area contributed by atoms with Gasteiger partial charge in [0.1, 0.15) is 0 Å². The summed E-state index contributed by atoms with van der Waals surface area (Å²) in [7, 11) is 0. The normalized spacial score (nSPS) is 10.3. The van der Waals surface area contributed by atoms with Crippen LogP contribution in [-0.4, -0.2) is 19.0 Å². The van der Waals surface area contributed by atoms with E-state index in [0.717, 1.165) is 17.7 Å². The summed E-state index contributed by atoms with van der Waals surface area (Å²) in [5.74, 6) is -0.0130. The molecule has 0 bridgehead atoms. The molecule has 0 spiro atoms. The predicted octanol–water partition coefficient (Wildman–Crippen LogP) is 3.48. The molecule has 2 N–H and O–H groups in total. The molecule has 20 heavy (non-hydrogen) atoms. The number of carbonyl (C=O) groups excluding carboxylic acids is 1. The Morgan fingerprint density at radius 2 is 2.15 bits per heavy atom. The highest BCUT2D eigenvalue weighted by atomic mass is 35.5. The number of carbonyl (C=O) groups is 1. The summed E-state index contributed by atoms with van der Waals surface area (Å²) >= 11 is 7.74. The zero-order chi connectivity index (χ0) is 14.4. The standard InChI is InChI=1S/C15H17ClN2OS/c1-11-13(16)5-2-6-14(11)18-10-15(19)17-8-7-12-4-3-9-20-12/h2-6,9,18H,7-8,10H2,1H3,(H,17,19). The molecule has 0 unspecified atom stereocenters. The number of benzene rings is 1. The van der Waals surface area contributed by atoms with E-state index in [1.54, 1.807) is 11.3 Å². The molecule has 1 amide bonds. The largest absolute Gasteiger partial charge is 0.376 e. The van der Waals surface area contributed by atoms with Gasteiger partial charge in [-0.05, 0) is 42.5 Å². The monoisotopic (exact) mass is 308 g/mol. The molecule has 5 heteroatoms. The van der Waals surface area contributed by atoms with Crippen molar-refractivity contribution >= 4 is 34.5 Å². The topological polar surface area (TPSA) is 41.1 Å². The van der Waals surface area contributed by atoms with Crippen molar-refractivity contribution in [3.63, 3.8) is 0 Å². The van der Waals surface area contributed by atoms with E-state index in [1.165, 1.54) is 4.88 Å². The van der Waals surface area contributed by atoms with Gasteiger partial charge in [0, 0.05) is 22.1 Å². The lowest BCUT2D eigenvalue weighted by atomic mass is 10.2. The summed E-state index contributed by atoms with van der Waals surface area (Å²) < 4.78 is 0. The van der Waals surface area contributed by atoms with E-state index in [9.17, 15) is 4.79 Å². The van der Waals surface area contributed by atoms with E-state index in [4.69, 9.17) is 11.6 Å². The number of hydrogen-bond donors (Lipinski definition) is 2. The number of thiophene rings is 1. The van der Waals surface area contributed by atoms with E-state index in [1.807, 2.05) is 36.6 Å². The second-order valence-electron chi connectivity index (χ2n) is 4.45. The lowest BCUT2D eigenvalue weighted by molar-refractivity contribution is -0.119. The molecule has 0 aliphatic heterocycles. The van der Waals surface area contributed by atoms with E-state index in [0.29, 0.717) is 11.6 Å². The number of halogens is 1. The fraction of sp³-hybridized carbons (Fsp3) is 0.267. The van der Waals surface area contributed by atoms with Crippen LogP contribution in [0.25, 0.3) is 0 Å². The van der Waals surface area contributed by atoms with Crippen LogP contribution in [0.3, 0.4) is 0 Å². The van der Waals surface area contributed by atoms with Crippen molar-refractivity contribution in [2.75, 3.05) is 18.4 Å². The van der Waals surface area contributed by atoms with Crippen LogP contribution in [0, 0.1) is 6.92 Å². The van der Waals surface area contributed by atoms with Gasteiger partial charge in [0.05, 0.1) is 6.54 Å². The highest BCUT2D eigenvalue weighted by Crippen LogP contribution is 2.22. The molecule has 0 fully saturated rings. The van der Waals surface area contributed by atoms with Gasteiger partial charge in [-0.1, -0.05) is 23.7 Å². The van der Waals surface area contributed by atoms with Gasteiger partial charge in [0.2, 0.25) is 5.91 Å². The molecular formula is C15H17ClN2OS. The van der Waals surface area contributed by atoms with Crippen molar-refractivity contribution in [2.45, 2.75) is 13.3 Å². The molecule has 0 atom stereocenters. The van der Waals surface area contributed by atoms with Crippen LogP contribution >= 0.6 is 22.9 Å². The number of anilines is 1. The van der Waals surface area contributed by atoms with E-state index in [-0.39, 0.29) is 12.5 Å². The molecule has 2 rings (SSSR count). The first-order chi connectivity index (χ1) is 9.66. The average Bonchev–Trinajstić information content (AvgIpc) is 2.94. The van der Waals surface area contributed by atoms with Crippen LogP contribution in [0.5, 0.6) is 0 Å². The van der Waals surface area contributed by atoms with Crippen molar-refractivity contribution in [2.24, 2.45) is 0 Å². The molecule has 1 aromatic carbocycles. The van der Waals surface area contributed by atoms with Crippen LogP contribution in [-0.2, 0) is 11.2 Å². The first kappa shape index (κ1) is 14.9. The summed E-state index contributed by atoms with van der Waals surface area (Å²) in [4.78, 5) is 13.0. The lowest BCUT2D eigenvalue weighted by Gasteiger charge is -2.10. The number of amides is 1. The third-order valence-corrected chi connectivity index (χ3v) is 4.33. The zero-order valence-electron chi connectivity index (χ0n) is 11.3. The van der Waals surface area contributed by atoms with E-state index in [2.05, 4.69) is 16.7 Å². The molecule has 1 heterocycles. The summed E-state index contributed by atoms with van der Waals surface area (Å²) in [6.07, 6.45) is 0.875. The fourth-order valence-electron chi connectivity index (χ4n) is 1.82. The van der Waals surface area contributed by atoms with Crippen molar-refractivity contribution < 1.29 is 4.79 Å². The Morgan fingerprint density at radius 1 is 1.30 bits per heavy atom. The van der Waals surface area contributed by atoms with Crippen molar-refractivity contribution in [3.8, 4) is 0 Å². The summed E-state index contributed by atoms with van der Waals surface area (Å²) in [5, 5.41) is 8.75. The Bertz CT molecular complexity index is 569. The molecule has 0 saturated heterocycles. The Morgan fingerprint density at radius 3 is 2.90 bits per heavy atom. The first-order valence-corrected chi connectivity index (χ1v) is 7.70. The second kappa shape index (κ2) is 7.31. The highest BCUT2D eigenvalue weighted by Gasteiger charge is 2.04. The third kappa shape index (κ3) is 4.25. The molecule has 0 aliphatic carbocycles. The van der Waals surface area contributed by atoms with Gasteiger partial charge < -0.3 is 10.6 Å². The Kier molecular flexibility index (Phi) is 5.44. The molecule has 0 radical (unpaired) electrons. The fourth-order valence-corrected chi connectivity index (χ4v) is 2.70. The van der Waals surface area contributed by atoms with Crippen LogP contribution in [0.1, 0.15) is 10.4 Å². The van der Waals surface area contributed by atoms with Crippen molar-refractivity contribution in [3.05, 3.63) is 51.2 Å². The zero-order valence-corrected chi connectivity index (χ0v) is 12.9. The number of nitrogens with one attached hydrogen (secondary N) is 2. The minimum atomic E-state index is -0.0130. The third-order valence-electron chi connectivity index (χ3n) is 2.98. The smallest absolute Gasteiger partial charge is 0.239 e. The van der Waals surface area contributed by atoms with Gasteiger partial charge in [-0.2, -0.15) is 0 Å². The Balaban J connectivity index is 1.73. The van der Waals surface area contributed by atoms with Gasteiger partial charge in [-0.15, -0.1) is 11.3 Å². The molecule has 3 nitrogen and oxygen atoms in total. The molecule has 1 aromatic heterocycles. The molecular weight excluding hydrogens is 292 g/mol. The van der Waals surface area contributed by atoms with Crippen LogP contribution in [0.15, 0.2) is 35.7 Å². The van der Waals surface area contributed by atoms with Gasteiger partial charge in [-0.25, -0.2) is 0 Å². The highest BCUT2D eigenvalue weighted by molar-refractivity contribution is 7.09. The maximum absolute atomic E-state index is 11.7. The molecule has 2 aromatic rings. The SMILES string of the molecule is Cc1c(Cl)cccc1NCC(=O)NCCc1cccs1.